The number of hydrogen-bond acceptors (Lipinski definition) is 5. The van der Waals surface area contributed by atoms with Gasteiger partial charge < -0.3 is 15.1 Å². The predicted octanol–water partition coefficient (Wildman–Crippen LogP) is 1.51. The van der Waals surface area contributed by atoms with E-state index < -0.39 is 17.4 Å². The molecular formula is C19H28N4O4. The molecule has 3 aliphatic rings. The standard InChI is InChI=1S/C19H28N4O4/c24-17(25)16-14(6-20-21-16)8-23-10-15-9-22(7-13-4-2-1-3-5-13)11-19(15,12-23)18(26)27/h6,13,15H,1-5,7-12H2,(H,20,21)(H,24,25)(H,26,27)/t15-,19-/m1/s1. The number of fused-ring (bicyclic) bond motifs is 1. The molecule has 1 saturated carbocycles. The summed E-state index contributed by atoms with van der Waals surface area (Å²) in [6.07, 6.45) is 8.00. The van der Waals surface area contributed by atoms with Crippen molar-refractivity contribution in [2.45, 2.75) is 38.6 Å². The number of carboxylic acid groups (broad SMARTS) is 2. The number of aliphatic carboxylic acids is 1. The summed E-state index contributed by atoms with van der Waals surface area (Å²) < 4.78 is 0. The molecule has 3 N–H and O–H groups in total. The minimum absolute atomic E-state index is 0.0929. The van der Waals surface area contributed by atoms with Crippen LogP contribution in [0.15, 0.2) is 6.20 Å². The molecule has 0 unspecified atom stereocenters. The van der Waals surface area contributed by atoms with Crippen molar-refractivity contribution in [3.05, 3.63) is 17.5 Å². The highest BCUT2D eigenvalue weighted by Crippen LogP contribution is 2.44. The number of carbonyl (C=O) groups is 2. The van der Waals surface area contributed by atoms with Crippen molar-refractivity contribution in [2.24, 2.45) is 17.3 Å². The lowest BCUT2D eigenvalue weighted by Gasteiger charge is -2.29. The van der Waals surface area contributed by atoms with Crippen LogP contribution in [0.1, 0.15) is 48.2 Å². The number of hydrogen-bond donors (Lipinski definition) is 3. The fraction of sp³-hybridized carbons (Fsp3) is 0.737. The Hall–Kier alpha value is -1.93. The third-order valence-corrected chi connectivity index (χ3v) is 6.74. The molecule has 3 heterocycles. The maximum Gasteiger partial charge on any atom is 0.354 e. The van der Waals surface area contributed by atoms with Crippen LogP contribution in [-0.4, -0.2) is 74.9 Å². The maximum absolute atomic E-state index is 12.2. The molecule has 1 aromatic heterocycles. The van der Waals surface area contributed by atoms with Gasteiger partial charge in [-0.05, 0) is 18.8 Å². The molecule has 0 spiro atoms. The zero-order valence-corrected chi connectivity index (χ0v) is 15.6. The second kappa shape index (κ2) is 7.24. The average molecular weight is 376 g/mol. The van der Waals surface area contributed by atoms with Crippen LogP contribution < -0.4 is 0 Å². The number of aromatic amines is 1. The van der Waals surface area contributed by atoms with Gasteiger partial charge in [-0.2, -0.15) is 5.10 Å². The second-order valence-corrected chi connectivity index (χ2v) is 8.60. The first kappa shape index (κ1) is 18.4. The van der Waals surface area contributed by atoms with Crippen LogP contribution in [0, 0.1) is 17.3 Å². The van der Waals surface area contributed by atoms with Crippen LogP contribution in [0.4, 0.5) is 0 Å². The van der Waals surface area contributed by atoms with Gasteiger partial charge in [0.05, 0.1) is 11.6 Å². The van der Waals surface area contributed by atoms with Gasteiger partial charge in [-0.25, -0.2) is 4.79 Å². The van der Waals surface area contributed by atoms with Gasteiger partial charge in [0.2, 0.25) is 0 Å². The molecule has 2 saturated heterocycles. The molecule has 0 bridgehead atoms. The zero-order valence-electron chi connectivity index (χ0n) is 15.6. The van der Waals surface area contributed by atoms with Gasteiger partial charge in [-0.1, -0.05) is 19.3 Å². The van der Waals surface area contributed by atoms with Gasteiger partial charge >= 0.3 is 11.9 Å². The molecule has 2 atom stereocenters. The molecule has 1 aromatic rings. The Balaban J connectivity index is 1.42. The number of nitrogens with zero attached hydrogens (tertiary/aromatic N) is 3. The Morgan fingerprint density at radius 2 is 1.85 bits per heavy atom. The van der Waals surface area contributed by atoms with E-state index in [0.717, 1.165) is 13.1 Å². The van der Waals surface area contributed by atoms with Gasteiger partial charge in [0, 0.05) is 50.7 Å². The molecule has 0 radical (unpaired) electrons. The quantitative estimate of drug-likeness (QED) is 0.690. The highest BCUT2D eigenvalue weighted by molar-refractivity contribution is 5.86. The summed E-state index contributed by atoms with van der Waals surface area (Å²) in [5.74, 6) is -0.942. The smallest absolute Gasteiger partial charge is 0.354 e. The summed E-state index contributed by atoms with van der Waals surface area (Å²) in [5.41, 5.74) is -0.0284. The number of likely N-dealkylation sites (tertiary alicyclic amines) is 2. The van der Waals surface area contributed by atoms with Crippen molar-refractivity contribution in [3.63, 3.8) is 0 Å². The minimum atomic E-state index is -1.03. The third-order valence-electron chi connectivity index (χ3n) is 6.74. The number of H-pyrrole nitrogens is 1. The molecule has 0 aromatic carbocycles. The lowest BCUT2D eigenvalue weighted by atomic mass is 9.81. The molecular weight excluding hydrogens is 348 g/mol. The van der Waals surface area contributed by atoms with Gasteiger partial charge in [0.15, 0.2) is 0 Å². The van der Waals surface area contributed by atoms with E-state index in [4.69, 9.17) is 0 Å². The topological polar surface area (TPSA) is 110 Å². The van der Waals surface area contributed by atoms with E-state index in [1.54, 1.807) is 0 Å². The molecule has 3 fully saturated rings. The highest BCUT2D eigenvalue weighted by atomic mass is 16.4. The molecule has 8 heteroatoms. The van der Waals surface area contributed by atoms with Crippen molar-refractivity contribution in [1.29, 1.82) is 0 Å². The lowest BCUT2D eigenvalue weighted by molar-refractivity contribution is -0.149. The van der Waals surface area contributed by atoms with E-state index >= 15 is 0 Å². The summed E-state index contributed by atoms with van der Waals surface area (Å²) in [4.78, 5) is 27.9. The van der Waals surface area contributed by atoms with Crippen LogP contribution in [0.2, 0.25) is 0 Å². The fourth-order valence-corrected chi connectivity index (χ4v) is 5.43. The zero-order chi connectivity index (χ0) is 19.0. The number of aromatic carboxylic acids is 1. The number of nitrogens with one attached hydrogen (secondary N) is 1. The van der Waals surface area contributed by atoms with E-state index in [1.807, 2.05) is 0 Å². The first-order valence-electron chi connectivity index (χ1n) is 9.91. The Morgan fingerprint density at radius 3 is 2.52 bits per heavy atom. The fourth-order valence-electron chi connectivity index (χ4n) is 5.43. The summed E-state index contributed by atoms with van der Waals surface area (Å²) >= 11 is 0. The third kappa shape index (κ3) is 3.48. The van der Waals surface area contributed by atoms with Gasteiger partial charge in [0.1, 0.15) is 5.69 Å². The number of carboxylic acids is 2. The monoisotopic (exact) mass is 376 g/mol. The maximum atomic E-state index is 12.2. The second-order valence-electron chi connectivity index (χ2n) is 8.60. The van der Waals surface area contributed by atoms with Crippen LogP contribution in [0.25, 0.3) is 0 Å². The Kier molecular flexibility index (Phi) is 4.94. The van der Waals surface area contributed by atoms with Crippen molar-refractivity contribution in [2.75, 3.05) is 32.7 Å². The molecule has 0 amide bonds. The Labute approximate surface area is 158 Å². The van der Waals surface area contributed by atoms with Crippen LogP contribution in [0.3, 0.4) is 0 Å². The summed E-state index contributed by atoms with van der Waals surface area (Å²) in [6, 6.07) is 0. The lowest BCUT2D eigenvalue weighted by Crippen LogP contribution is -2.41. The van der Waals surface area contributed by atoms with E-state index in [0.29, 0.717) is 37.7 Å². The van der Waals surface area contributed by atoms with E-state index in [-0.39, 0.29) is 11.6 Å². The summed E-state index contributed by atoms with van der Waals surface area (Å²) in [5, 5.41) is 25.6. The van der Waals surface area contributed by atoms with Crippen LogP contribution in [0.5, 0.6) is 0 Å². The van der Waals surface area contributed by atoms with Gasteiger partial charge in [-0.15, -0.1) is 0 Å². The van der Waals surface area contributed by atoms with Gasteiger partial charge in [-0.3, -0.25) is 14.8 Å². The predicted molar refractivity (Wildman–Crippen MR) is 97.4 cm³/mol. The van der Waals surface area contributed by atoms with Crippen molar-refractivity contribution in [1.82, 2.24) is 20.0 Å². The highest BCUT2D eigenvalue weighted by Gasteiger charge is 2.57. The first-order valence-corrected chi connectivity index (χ1v) is 9.91. The largest absolute Gasteiger partial charge is 0.481 e. The summed E-state index contributed by atoms with van der Waals surface area (Å²) in [6.45, 7) is 4.05. The Morgan fingerprint density at radius 1 is 1.15 bits per heavy atom. The molecule has 2 aliphatic heterocycles. The normalized spacial score (nSPS) is 29.9. The molecule has 1 aliphatic carbocycles. The Bertz CT molecular complexity index is 714. The number of aromatic nitrogens is 2. The molecule has 4 rings (SSSR count). The SMILES string of the molecule is O=C(O)c1[nH]ncc1CN1C[C@H]2CN(CC3CCCCC3)C[C@@]2(C(=O)O)C1. The minimum Gasteiger partial charge on any atom is -0.481 e. The summed E-state index contributed by atoms with van der Waals surface area (Å²) in [7, 11) is 0. The van der Waals surface area contributed by atoms with Gasteiger partial charge in [0.25, 0.3) is 0 Å². The number of rotatable bonds is 6. The molecule has 148 valence electrons. The van der Waals surface area contributed by atoms with Crippen LogP contribution >= 0.6 is 0 Å². The van der Waals surface area contributed by atoms with E-state index in [1.165, 1.54) is 38.3 Å². The average Bonchev–Trinajstić information content (AvgIpc) is 3.29. The first-order chi connectivity index (χ1) is 13.0. The van der Waals surface area contributed by atoms with Crippen molar-refractivity contribution >= 4 is 11.9 Å². The van der Waals surface area contributed by atoms with E-state index in [9.17, 15) is 19.8 Å². The molecule has 8 nitrogen and oxygen atoms in total. The van der Waals surface area contributed by atoms with E-state index in [2.05, 4.69) is 20.0 Å². The van der Waals surface area contributed by atoms with Crippen molar-refractivity contribution < 1.29 is 19.8 Å². The molecule has 27 heavy (non-hydrogen) atoms. The van der Waals surface area contributed by atoms with Crippen LogP contribution in [-0.2, 0) is 11.3 Å². The van der Waals surface area contributed by atoms with Crippen molar-refractivity contribution in [3.8, 4) is 0 Å².